The first kappa shape index (κ1) is 29.7. The van der Waals surface area contributed by atoms with E-state index in [1.54, 1.807) is 12.1 Å². The fourth-order valence-electron chi connectivity index (χ4n) is 3.07. The maximum Gasteiger partial charge on any atom is 0.306 e. The number of carbonyl (C=O) groups is 1. The lowest BCUT2D eigenvalue weighted by molar-refractivity contribution is -0.158. The Hall–Kier alpha value is -2.31. The molecule has 0 spiro atoms. The van der Waals surface area contributed by atoms with Gasteiger partial charge in [0, 0.05) is 32.1 Å². The number of benzene rings is 1. The topological polar surface area (TPSA) is 65.0 Å². The van der Waals surface area contributed by atoms with Crippen molar-refractivity contribution in [1.82, 2.24) is 0 Å². The van der Waals surface area contributed by atoms with Gasteiger partial charge in [0.05, 0.1) is 26.2 Å². The fraction of sp³-hybridized carbons (Fsp3) is 0.586. The summed E-state index contributed by atoms with van der Waals surface area (Å²) < 4.78 is 17.1. The standard InChI is InChI=1S/C29H41O5/c1-4-6-8-10-12-14-18-32-29(33-19-15-13-11-9-7-5-2)17-16-28(31)34-24-27-21-25(3)20-26(22-27)23-30/h20-22,29-30H,3-9,14-19,23-24H2,1-2H3. The van der Waals surface area contributed by atoms with E-state index in [0.29, 0.717) is 32.5 Å². The molecular formula is C29H41O5. The van der Waals surface area contributed by atoms with E-state index in [1.807, 2.05) is 6.07 Å². The molecule has 187 valence electrons. The van der Waals surface area contributed by atoms with Crippen molar-refractivity contribution < 1.29 is 24.1 Å². The van der Waals surface area contributed by atoms with Crippen LogP contribution in [0.4, 0.5) is 0 Å². The molecule has 0 saturated heterocycles. The lowest BCUT2D eigenvalue weighted by Crippen LogP contribution is -2.20. The molecule has 0 amide bonds. The van der Waals surface area contributed by atoms with Gasteiger partial charge in [-0.2, -0.15) is 0 Å². The van der Waals surface area contributed by atoms with Gasteiger partial charge in [-0.25, -0.2) is 0 Å². The summed E-state index contributed by atoms with van der Waals surface area (Å²) in [7, 11) is 0. The molecular weight excluding hydrogens is 428 g/mol. The maximum atomic E-state index is 12.3. The van der Waals surface area contributed by atoms with Crippen LogP contribution in [0.3, 0.4) is 0 Å². The van der Waals surface area contributed by atoms with Crippen molar-refractivity contribution in [1.29, 1.82) is 0 Å². The van der Waals surface area contributed by atoms with Crippen LogP contribution in [0.5, 0.6) is 0 Å². The highest BCUT2D eigenvalue weighted by Crippen LogP contribution is 2.13. The number of aliphatic hydroxyl groups is 1. The van der Waals surface area contributed by atoms with Crippen molar-refractivity contribution in [2.75, 3.05) is 13.2 Å². The van der Waals surface area contributed by atoms with E-state index in [1.165, 1.54) is 0 Å². The Bertz CT molecular complexity index is 777. The van der Waals surface area contributed by atoms with E-state index >= 15 is 0 Å². The van der Waals surface area contributed by atoms with Crippen molar-refractivity contribution >= 4 is 5.97 Å². The molecule has 0 heterocycles. The minimum atomic E-state index is -0.494. The Morgan fingerprint density at radius 2 is 1.47 bits per heavy atom. The molecule has 0 aliphatic rings. The zero-order valence-electron chi connectivity index (χ0n) is 21.0. The Morgan fingerprint density at radius 1 is 0.912 bits per heavy atom. The summed E-state index contributed by atoms with van der Waals surface area (Å²) in [5.74, 6) is 12.2. The Labute approximate surface area is 206 Å². The summed E-state index contributed by atoms with van der Waals surface area (Å²) in [6, 6.07) is 5.44. The molecule has 5 heteroatoms. The largest absolute Gasteiger partial charge is 0.461 e. The van der Waals surface area contributed by atoms with Gasteiger partial charge < -0.3 is 19.3 Å². The first-order valence-electron chi connectivity index (χ1n) is 12.4. The van der Waals surface area contributed by atoms with Gasteiger partial charge in [0.15, 0.2) is 6.29 Å². The highest BCUT2D eigenvalue weighted by molar-refractivity contribution is 5.69. The van der Waals surface area contributed by atoms with Gasteiger partial charge >= 0.3 is 5.97 Å². The molecule has 0 bridgehead atoms. The average Bonchev–Trinajstić information content (AvgIpc) is 2.83. The zero-order chi connectivity index (χ0) is 24.9. The Balaban J connectivity index is 2.45. The molecule has 1 aromatic carbocycles. The molecule has 1 aromatic rings. The number of hydrogen-bond acceptors (Lipinski definition) is 5. The van der Waals surface area contributed by atoms with Crippen molar-refractivity contribution in [3.05, 3.63) is 41.8 Å². The van der Waals surface area contributed by atoms with Crippen LogP contribution in [-0.4, -0.2) is 30.6 Å². The van der Waals surface area contributed by atoms with Crippen LogP contribution in [0.25, 0.3) is 0 Å². The van der Waals surface area contributed by atoms with Crippen molar-refractivity contribution in [3.8, 4) is 23.7 Å². The van der Waals surface area contributed by atoms with E-state index in [9.17, 15) is 9.90 Å². The SMILES string of the molecule is [CH2]c1cc(CO)cc(COC(=O)CCC(OCCC#CCCCC)OCCC#CCCCC)c1. The van der Waals surface area contributed by atoms with Gasteiger partial charge in [-0.1, -0.05) is 44.9 Å². The molecule has 1 N–H and O–H groups in total. The molecule has 0 atom stereocenters. The first-order chi connectivity index (χ1) is 16.6. The van der Waals surface area contributed by atoms with Crippen LogP contribution in [0, 0.1) is 30.6 Å². The van der Waals surface area contributed by atoms with E-state index in [2.05, 4.69) is 44.5 Å². The van der Waals surface area contributed by atoms with Crippen LogP contribution in [-0.2, 0) is 32.2 Å². The summed E-state index contributed by atoms with van der Waals surface area (Å²) in [4.78, 5) is 12.3. The molecule has 0 saturated carbocycles. The molecule has 0 aromatic heterocycles. The second-order valence-corrected chi connectivity index (χ2v) is 8.10. The van der Waals surface area contributed by atoms with E-state index in [4.69, 9.17) is 14.2 Å². The minimum Gasteiger partial charge on any atom is -0.461 e. The number of ether oxygens (including phenoxy) is 3. The number of unbranched alkanes of at least 4 members (excludes halogenated alkanes) is 4. The average molecular weight is 470 g/mol. The fourth-order valence-corrected chi connectivity index (χ4v) is 3.07. The second-order valence-electron chi connectivity index (χ2n) is 8.10. The highest BCUT2D eigenvalue weighted by Gasteiger charge is 2.13. The Kier molecular flexibility index (Phi) is 17.6. The van der Waals surface area contributed by atoms with E-state index in [0.717, 1.165) is 55.2 Å². The molecule has 1 rings (SSSR count). The normalized spacial score (nSPS) is 10.4. The molecule has 5 nitrogen and oxygen atoms in total. The molecule has 0 fully saturated rings. The number of rotatable bonds is 16. The minimum absolute atomic E-state index is 0.0768. The summed E-state index contributed by atoms with van der Waals surface area (Å²) in [6.07, 6.45) is 7.71. The van der Waals surface area contributed by atoms with Crippen LogP contribution in [0.1, 0.15) is 94.7 Å². The van der Waals surface area contributed by atoms with Gasteiger partial charge in [0.2, 0.25) is 0 Å². The van der Waals surface area contributed by atoms with Crippen molar-refractivity contribution in [2.45, 2.75) is 97.6 Å². The van der Waals surface area contributed by atoms with Gasteiger partial charge in [-0.3, -0.25) is 4.79 Å². The molecule has 34 heavy (non-hydrogen) atoms. The smallest absolute Gasteiger partial charge is 0.306 e. The monoisotopic (exact) mass is 469 g/mol. The number of carbonyl (C=O) groups excluding carboxylic acids is 1. The number of hydrogen-bond donors (Lipinski definition) is 1. The molecule has 0 aliphatic carbocycles. The second kappa shape index (κ2) is 20.1. The molecule has 0 aliphatic heterocycles. The van der Waals surface area contributed by atoms with Gasteiger partial charge in [-0.05, 0) is 36.5 Å². The van der Waals surface area contributed by atoms with Crippen LogP contribution in [0.2, 0.25) is 0 Å². The third-order valence-corrected chi connectivity index (χ3v) is 4.90. The third-order valence-electron chi connectivity index (χ3n) is 4.90. The predicted molar refractivity (Wildman–Crippen MR) is 135 cm³/mol. The van der Waals surface area contributed by atoms with Gasteiger partial charge in [0.1, 0.15) is 6.61 Å². The maximum absolute atomic E-state index is 12.3. The summed E-state index contributed by atoms with van der Waals surface area (Å²) in [5.41, 5.74) is 2.32. The molecule has 0 unspecified atom stereocenters. The van der Waals surface area contributed by atoms with E-state index < -0.39 is 6.29 Å². The van der Waals surface area contributed by atoms with Gasteiger partial charge in [-0.15, -0.1) is 23.7 Å². The zero-order valence-corrected chi connectivity index (χ0v) is 21.0. The van der Waals surface area contributed by atoms with E-state index in [-0.39, 0.29) is 25.6 Å². The lowest BCUT2D eigenvalue weighted by Gasteiger charge is -2.17. The van der Waals surface area contributed by atoms with Crippen molar-refractivity contribution in [2.24, 2.45) is 0 Å². The Morgan fingerprint density at radius 3 is 2.03 bits per heavy atom. The van der Waals surface area contributed by atoms with Crippen LogP contribution in [0.15, 0.2) is 18.2 Å². The predicted octanol–water partition coefficient (Wildman–Crippen LogP) is 5.71. The first-order valence-corrected chi connectivity index (χ1v) is 12.4. The van der Waals surface area contributed by atoms with Gasteiger partial charge in [0.25, 0.3) is 0 Å². The summed E-state index contributed by atoms with van der Waals surface area (Å²) >= 11 is 0. The summed E-state index contributed by atoms with van der Waals surface area (Å²) in [6.45, 7) is 9.17. The van der Waals surface area contributed by atoms with Crippen molar-refractivity contribution in [3.63, 3.8) is 0 Å². The quantitative estimate of drug-likeness (QED) is 0.145. The highest BCUT2D eigenvalue weighted by atomic mass is 16.7. The number of esters is 1. The summed E-state index contributed by atoms with van der Waals surface area (Å²) in [5, 5.41) is 9.31. The number of aliphatic hydroxyl groups excluding tert-OH is 1. The van der Waals surface area contributed by atoms with Crippen LogP contribution < -0.4 is 0 Å². The van der Waals surface area contributed by atoms with Crippen LogP contribution >= 0.6 is 0 Å². The lowest BCUT2D eigenvalue weighted by atomic mass is 10.1. The molecule has 1 radical (unpaired) electrons. The third kappa shape index (κ3) is 15.5.